The molecule has 1 aliphatic heterocycles. The minimum atomic E-state index is -0.212. The number of carbonyl (C=O) groups is 2. The van der Waals surface area contributed by atoms with E-state index in [0.717, 1.165) is 18.5 Å². The van der Waals surface area contributed by atoms with Crippen LogP contribution in [0.5, 0.6) is 5.75 Å². The molecule has 0 saturated carbocycles. The summed E-state index contributed by atoms with van der Waals surface area (Å²) in [5.74, 6) is 0.648. The lowest BCUT2D eigenvalue weighted by Crippen LogP contribution is -2.48. The van der Waals surface area contributed by atoms with E-state index >= 15 is 0 Å². The zero-order valence-corrected chi connectivity index (χ0v) is 16.2. The van der Waals surface area contributed by atoms with Gasteiger partial charge in [0.2, 0.25) is 5.91 Å². The van der Waals surface area contributed by atoms with Gasteiger partial charge in [0.15, 0.2) is 0 Å². The smallest absolute Gasteiger partial charge is 0.317 e. The highest BCUT2D eigenvalue weighted by molar-refractivity contribution is 5.98. The zero-order chi connectivity index (χ0) is 19.7. The molecule has 1 saturated heterocycles. The average molecular weight is 379 g/mol. The second-order valence-corrected chi connectivity index (χ2v) is 7.47. The van der Waals surface area contributed by atoms with Crippen molar-refractivity contribution in [3.05, 3.63) is 59.7 Å². The van der Waals surface area contributed by atoms with Crippen LogP contribution in [0.3, 0.4) is 0 Å². The molecule has 1 N–H and O–H groups in total. The summed E-state index contributed by atoms with van der Waals surface area (Å²) in [5.41, 5.74) is 3.36. The number of fused-ring (bicyclic) bond motifs is 1. The van der Waals surface area contributed by atoms with Gasteiger partial charge in [-0.3, -0.25) is 4.79 Å². The van der Waals surface area contributed by atoms with Crippen LogP contribution < -0.4 is 15.0 Å². The highest BCUT2D eigenvalue weighted by Crippen LogP contribution is 2.31. The molecule has 28 heavy (non-hydrogen) atoms. The highest BCUT2D eigenvalue weighted by Gasteiger charge is 2.35. The molecular formula is C22H25N3O3. The predicted molar refractivity (Wildman–Crippen MR) is 108 cm³/mol. The second-order valence-electron chi connectivity index (χ2n) is 7.47. The Morgan fingerprint density at radius 1 is 1.07 bits per heavy atom. The quantitative estimate of drug-likeness (QED) is 0.888. The first-order valence-electron chi connectivity index (χ1n) is 9.60. The van der Waals surface area contributed by atoms with Crippen LogP contribution in [0.15, 0.2) is 48.5 Å². The van der Waals surface area contributed by atoms with Gasteiger partial charge >= 0.3 is 6.03 Å². The van der Waals surface area contributed by atoms with E-state index in [-0.39, 0.29) is 24.0 Å². The summed E-state index contributed by atoms with van der Waals surface area (Å²) in [6.07, 6.45) is 2.04. The number of anilines is 1. The van der Waals surface area contributed by atoms with Crippen molar-refractivity contribution in [2.24, 2.45) is 0 Å². The van der Waals surface area contributed by atoms with E-state index in [1.165, 1.54) is 11.1 Å². The van der Waals surface area contributed by atoms with E-state index in [4.69, 9.17) is 4.74 Å². The van der Waals surface area contributed by atoms with Crippen molar-refractivity contribution in [1.29, 1.82) is 0 Å². The number of nitrogens with one attached hydrogen (secondary N) is 1. The van der Waals surface area contributed by atoms with Crippen molar-refractivity contribution in [3.8, 4) is 5.75 Å². The maximum atomic E-state index is 12.8. The van der Waals surface area contributed by atoms with Gasteiger partial charge in [0.05, 0.1) is 18.8 Å². The van der Waals surface area contributed by atoms with Gasteiger partial charge in [0.1, 0.15) is 5.75 Å². The lowest BCUT2D eigenvalue weighted by Gasteiger charge is -2.26. The number of methoxy groups -OCH3 is 1. The van der Waals surface area contributed by atoms with Crippen molar-refractivity contribution in [2.75, 3.05) is 25.6 Å². The Balaban J connectivity index is 1.38. The SMILES string of the molecule is COc1ccccc1N1C[C@@H](NC(=O)N(C)C2Cc3ccccc3C2)CC1=O. The van der Waals surface area contributed by atoms with Crippen LogP contribution in [0, 0.1) is 0 Å². The zero-order valence-electron chi connectivity index (χ0n) is 16.2. The van der Waals surface area contributed by atoms with E-state index in [0.29, 0.717) is 18.7 Å². The molecule has 6 nitrogen and oxygen atoms in total. The minimum Gasteiger partial charge on any atom is -0.495 e. The number of hydrogen-bond donors (Lipinski definition) is 1. The molecule has 6 heteroatoms. The molecule has 0 aromatic heterocycles. The number of ether oxygens (including phenoxy) is 1. The molecule has 0 bridgehead atoms. The lowest BCUT2D eigenvalue weighted by molar-refractivity contribution is -0.117. The largest absolute Gasteiger partial charge is 0.495 e. The van der Waals surface area contributed by atoms with Crippen molar-refractivity contribution >= 4 is 17.6 Å². The fourth-order valence-electron chi connectivity index (χ4n) is 4.14. The van der Waals surface area contributed by atoms with Crippen LogP contribution >= 0.6 is 0 Å². The Morgan fingerprint density at radius 3 is 2.39 bits per heavy atom. The summed E-state index contributed by atoms with van der Waals surface area (Å²) in [4.78, 5) is 28.7. The van der Waals surface area contributed by atoms with Crippen molar-refractivity contribution in [1.82, 2.24) is 10.2 Å². The van der Waals surface area contributed by atoms with Gasteiger partial charge in [-0.1, -0.05) is 36.4 Å². The van der Waals surface area contributed by atoms with Crippen LogP contribution in [0.1, 0.15) is 17.5 Å². The Morgan fingerprint density at radius 2 is 1.71 bits per heavy atom. The summed E-state index contributed by atoms with van der Waals surface area (Å²) in [7, 11) is 3.42. The highest BCUT2D eigenvalue weighted by atomic mass is 16.5. The number of para-hydroxylation sites is 2. The summed E-state index contributed by atoms with van der Waals surface area (Å²) in [5, 5.41) is 3.03. The van der Waals surface area contributed by atoms with E-state index in [9.17, 15) is 9.59 Å². The first-order valence-corrected chi connectivity index (χ1v) is 9.60. The molecule has 3 amide bonds. The van der Waals surface area contributed by atoms with Gasteiger partial charge in [0, 0.05) is 26.1 Å². The molecule has 2 aromatic rings. The fourth-order valence-corrected chi connectivity index (χ4v) is 4.14. The van der Waals surface area contributed by atoms with Crippen LogP contribution in [0.2, 0.25) is 0 Å². The van der Waals surface area contributed by atoms with Crippen molar-refractivity contribution in [3.63, 3.8) is 0 Å². The van der Waals surface area contributed by atoms with Gasteiger partial charge in [-0.05, 0) is 36.1 Å². The molecule has 1 atom stereocenters. The summed E-state index contributed by atoms with van der Waals surface area (Å²) >= 11 is 0. The second kappa shape index (κ2) is 7.54. The average Bonchev–Trinajstić information content (AvgIpc) is 3.30. The van der Waals surface area contributed by atoms with Crippen molar-refractivity contribution in [2.45, 2.75) is 31.3 Å². The van der Waals surface area contributed by atoms with E-state index in [2.05, 4.69) is 17.4 Å². The molecule has 146 valence electrons. The Bertz CT molecular complexity index is 873. The lowest BCUT2D eigenvalue weighted by atomic mass is 10.1. The molecule has 1 heterocycles. The number of likely N-dealkylation sites (N-methyl/N-ethyl adjacent to an activating group) is 1. The maximum absolute atomic E-state index is 12.8. The third kappa shape index (κ3) is 3.42. The number of carbonyl (C=O) groups excluding carboxylic acids is 2. The minimum absolute atomic E-state index is 0.00859. The summed E-state index contributed by atoms with van der Waals surface area (Å²) < 4.78 is 5.37. The van der Waals surface area contributed by atoms with E-state index < -0.39 is 0 Å². The van der Waals surface area contributed by atoms with Gasteiger partial charge in [0.25, 0.3) is 0 Å². The topological polar surface area (TPSA) is 61.9 Å². The predicted octanol–water partition coefficient (Wildman–Crippen LogP) is 2.61. The van der Waals surface area contributed by atoms with E-state index in [1.807, 2.05) is 43.4 Å². The molecule has 4 rings (SSSR count). The number of nitrogens with zero attached hydrogens (tertiary/aromatic N) is 2. The normalized spacial score (nSPS) is 18.9. The first kappa shape index (κ1) is 18.3. The van der Waals surface area contributed by atoms with Crippen LogP contribution in [-0.2, 0) is 17.6 Å². The molecule has 0 spiro atoms. The van der Waals surface area contributed by atoms with Crippen LogP contribution in [0.4, 0.5) is 10.5 Å². The summed E-state index contributed by atoms with van der Waals surface area (Å²) in [6, 6.07) is 15.6. The number of rotatable bonds is 4. The van der Waals surface area contributed by atoms with Gasteiger partial charge in [-0.25, -0.2) is 4.79 Å². The van der Waals surface area contributed by atoms with Gasteiger partial charge in [-0.15, -0.1) is 0 Å². The molecule has 2 aromatic carbocycles. The number of benzene rings is 2. The molecule has 1 fully saturated rings. The first-order chi connectivity index (χ1) is 13.6. The van der Waals surface area contributed by atoms with Gasteiger partial charge < -0.3 is 19.9 Å². The number of urea groups is 1. The van der Waals surface area contributed by atoms with Crippen LogP contribution in [-0.4, -0.2) is 49.6 Å². The third-order valence-corrected chi connectivity index (χ3v) is 5.73. The fraction of sp³-hybridized carbons (Fsp3) is 0.364. The Hall–Kier alpha value is -3.02. The molecule has 2 aliphatic rings. The number of amides is 3. The Kier molecular flexibility index (Phi) is 4.94. The van der Waals surface area contributed by atoms with Crippen molar-refractivity contribution < 1.29 is 14.3 Å². The van der Waals surface area contributed by atoms with E-state index in [1.54, 1.807) is 16.9 Å². The third-order valence-electron chi connectivity index (χ3n) is 5.73. The molecule has 0 radical (unpaired) electrons. The number of hydrogen-bond acceptors (Lipinski definition) is 3. The summed E-state index contributed by atoms with van der Waals surface area (Å²) in [6.45, 7) is 0.448. The van der Waals surface area contributed by atoms with Crippen LogP contribution in [0.25, 0.3) is 0 Å². The molecule has 0 unspecified atom stereocenters. The maximum Gasteiger partial charge on any atom is 0.317 e. The van der Waals surface area contributed by atoms with Gasteiger partial charge in [-0.2, -0.15) is 0 Å². The Labute approximate surface area is 165 Å². The molecular weight excluding hydrogens is 354 g/mol. The standard InChI is InChI=1S/C22H25N3O3/c1-24(18-11-15-7-3-4-8-16(15)12-18)22(27)23-17-13-21(26)25(14-17)19-9-5-6-10-20(19)28-2/h3-10,17-18H,11-14H2,1-2H3,(H,23,27)/t17-/m0/s1. The molecule has 1 aliphatic carbocycles. The monoisotopic (exact) mass is 379 g/mol.